The smallest absolute Gasteiger partial charge is 0.0474 e. The first-order valence-corrected chi connectivity index (χ1v) is 7.77. The highest BCUT2D eigenvalue weighted by Crippen LogP contribution is 2.29. The molecule has 19 heavy (non-hydrogen) atoms. The van der Waals surface area contributed by atoms with Gasteiger partial charge in [0.15, 0.2) is 0 Å². The number of aliphatic hydroxyl groups excluding tert-OH is 1. The highest BCUT2D eigenvalue weighted by atomic mass is 16.3. The highest BCUT2D eigenvalue weighted by molar-refractivity contribution is 5.19. The van der Waals surface area contributed by atoms with Crippen molar-refractivity contribution in [3.8, 4) is 0 Å². The minimum absolute atomic E-state index is 0.326. The first kappa shape index (κ1) is 14.5. The zero-order valence-electron chi connectivity index (χ0n) is 12.0. The molecule has 0 radical (unpaired) electrons. The van der Waals surface area contributed by atoms with Crippen molar-refractivity contribution in [3.63, 3.8) is 0 Å². The third kappa shape index (κ3) is 4.05. The van der Waals surface area contributed by atoms with Gasteiger partial charge in [0.05, 0.1) is 0 Å². The molecule has 1 aliphatic rings. The number of rotatable bonds is 7. The van der Waals surface area contributed by atoms with Crippen molar-refractivity contribution < 1.29 is 5.11 Å². The summed E-state index contributed by atoms with van der Waals surface area (Å²) in [6, 6.07) is 11.7. The van der Waals surface area contributed by atoms with Gasteiger partial charge in [0, 0.05) is 18.7 Å². The topological polar surface area (TPSA) is 32.3 Å². The average molecular weight is 261 g/mol. The molecule has 0 bridgehead atoms. The molecule has 2 rings (SSSR count). The van der Waals surface area contributed by atoms with E-state index >= 15 is 0 Å². The fourth-order valence-electron chi connectivity index (χ4n) is 3.17. The van der Waals surface area contributed by atoms with E-state index in [1.807, 2.05) is 0 Å². The number of hydrogen-bond acceptors (Lipinski definition) is 2. The van der Waals surface area contributed by atoms with Gasteiger partial charge in [-0.05, 0) is 30.7 Å². The maximum Gasteiger partial charge on any atom is 0.0474 e. The third-order valence-electron chi connectivity index (χ3n) is 4.36. The van der Waals surface area contributed by atoms with Crippen LogP contribution in [0.3, 0.4) is 0 Å². The lowest BCUT2D eigenvalue weighted by Gasteiger charge is -2.27. The van der Waals surface area contributed by atoms with E-state index in [9.17, 15) is 5.11 Å². The van der Waals surface area contributed by atoms with Crippen LogP contribution in [0, 0.1) is 5.92 Å². The number of aliphatic hydroxyl groups is 1. The van der Waals surface area contributed by atoms with Crippen molar-refractivity contribution in [2.75, 3.05) is 6.61 Å². The van der Waals surface area contributed by atoms with Crippen LogP contribution in [0.2, 0.25) is 0 Å². The van der Waals surface area contributed by atoms with E-state index in [2.05, 4.69) is 42.6 Å². The summed E-state index contributed by atoms with van der Waals surface area (Å²) in [5, 5.41) is 13.3. The molecule has 1 fully saturated rings. The van der Waals surface area contributed by atoms with Gasteiger partial charge in [-0.15, -0.1) is 0 Å². The van der Waals surface area contributed by atoms with E-state index in [0.29, 0.717) is 24.6 Å². The average Bonchev–Trinajstić information content (AvgIpc) is 2.91. The first-order chi connectivity index (χ1) is 9.35. The van der Waals surface area contributed by atoms with Crippen LogP contribution >= 0.6 is 0 Å². The second kappa shape index (κ2) is 7.66. The zero-order valence-corrected chi connectivity index (χ0v) is 12.0. The van der Waals surface area contributed by atoms with Crippen molar-refractivity contribution in [1.82, 2.24) is 5.32 Å². The molecule has 1 saturated carbocycles. The van der Waals surface area contributed by atoms with E-state index in [0.717, 1.165) is 0 Å². The Bertz CT molecular complexity index is 352. The largest absolute Gasteiger partial charge is 0.396 e. The van der Waals surface area contributed by atoms with Gasteiger partial charge in [0.2, 0.25) is 0 Å². The number of benzene rings is 1. The van der Waals surface area contributed by atoms with Crippen molar-refractivity contribution in [3.05, 3.63) is 35.9 Å². The predicted molar refractivity (Wildman–Crippen MR) is 80.1 cm³/mol. The minimum atomic E-state index is 0.326. The van der Waals surface area contributed by atoms with E-state index in [4.69, 9.17) is 0 Å². The molecule has 0 saturated heterocycles. The molecule has 2 N–H and O–H groups in total. The van der Waals surface area contributed by atoms with Crippen LogP contribution in [-0.4, -0.2) is 17.8 Å². The summed E-state index contributed by atoms with van der Waals surface area (Å²) in [5.41, 5.74) is 1.39. The Morgan fingerprint density at radius 2 is 2.05 bits per heavy atom. The fraction of sp³-hybridized carbons (Fsp3) is 0.647. The maximum atomic E-state index is 9.46. The third-order valence-corrected chi connectivity index (χ3v) is 4.36. The zero-order chi connectivity index (χ0) is 13.5. The van der Waals surface area contributed by atoms with Crippen molar-refractivity contribution in [2.24, 2.45) is 5.92 Å². The van der Waals surface area contributed by atoms with Crippen LogP contribution in [0.15, 0.2) is 30.3 Å². The molecule has 0 aliphatic heterocycles. The molecule has 0 heterocycles. The van der Waals surface area contributed by atoms with E-state index in [1.54, 1.807) is 0 Å². The van der Waals surface area contributed by atoms with Crippen LogP contribution in [0.1, 0.15) is 57.1 Å². The van der Waals surface area contributed by atoms with Gasteiger partial charge in [-0.2, -0.15) is 0 Å². The maximum absolute atomic E-state index is 9.46. The Hall–Kier alpha value is -0.860. The highest BCUT2D eigenvalue weighted by Gasteiger charge is 2.28. The van der Waals surface area contributed by atoms with E-state index < -0.39 is 0 Å². The lowest BCUT2D eigenvalue weighted by Crippen LogP contribution is -2.37. The van der Waals surface area contributed by atoms with Crippen molar-refractivity contribution >= 4 is 0 Å². The van der Waals surface area contributed by atoms with Crippen LogP contribution < -0.4 is 5.32 Å². The molecular formula is C17H27NO. The summed E-state index contributed by atoms with van der Waals surface area (Å²) in [6.45, 7) is 2.57. The summed E-state index contributed by atoms with van der Waals surface area (Å²) in [4.78, 5) is 0. The molecular weight excluding hydrogens is 234 g/mol. The van der Waals surface area contributed by atoms with Gasteiger partial charge in [-0.25, -0.2) is 0 Å². The monoisotopic (exact) mass is 261 g/mol. The summed E-state index contributed by atoms with van der Waals surface area (Å²) < 4.78 is 0. The lowest BCUT2D eigenvalue weighted by atomic mass is 9.97. The van der Waals surface area contributed by atoms with Crippen LogP contribution in [0.4, 0.5) is 0 Å². The van der Waals surface area contributed by atoms with Gasteiger partial charge in [-0.1, -0.05) is 56.5 Å². The molecule has 1 aromatic carbocycles. The second-order valence-corrected chi connectivity index (χ2v) is 5.75. The lowest BCUT2D eigenvalue weighted by molar-refractivity contribution is 0.198. The molecule has 0 aromatic heterocycles. The quantitative estimate of drug-likeness (QED) is 0.785. The van der Waals surface area contributed by atoms with Crippen LogP contribution in [0.25, 0.3) is 0 Å². The van der Waals surface area contributed by atoms with E-state index in [-0.39, 0.29) is 0 Å². The molecule has 0 amide bonds. The van der Waals surface area contributed by atoms with Gasteiger partial charge < -0.3 is 10.4 Å². The standard InChI is InChI=1S/C17H27NO/c1-2-3-11-16(14-8-5-4-6-9-14)18-17-12-7-10-15(17)13-19/h4-6,8-9,15-19H,2-3,7,10-13H2,1H3. The van der Waals surface area contributed by atoms with Crippen molar-refractivity contribution in [2.45, 2.75) is 57.5 Å². The summed E-state index contributed by atoms with van der Waals surface area (Å²) in [6.07, 6.45) is 7.31. The molecule has 1 aliphatic carbocycles. The van der Waals surface area contributed by atoms with Crippen molar-refractivity contribution in [1.29, 1.82) is 0 Å². The predicted octanol–water partition coefficient (Wildman–Crippen LogP) is 3.67. The van der Waals surface area contributed by atoms with Gasteiger partial charge in [0.25, 0.3) is 0 Å². The van der Waals surface area contributed by atoms with Gasteiger partial charge in [-0.3, -0.25) is 0 Å². The van der Waals surface area contributed by atoms with E-state index in [1.165, 1.54) is 44.1 Å². The normalized spacial score (nSPS) is 24.5. The number of nitrogens with one attached hydrogen (secondary N) is 1. The summed E-state index contributed by atoms with van der Waals surface area (Å²) in [5.74, 6) is 0.452. The molecule has 2 nitrogen and oxygen atoms in total. The van der Waals surface area contributed by atoms with Crippen LogP contribution in [-0.2, 0) is 0 Å². The Labute approximate surface area is 117 Å². The number of unbranched alkanes of at least 4 members (excludes halogenated alkanes) is 1. The fourth-order valence-corrected chi connectivity index (χ4v) is 3.17. The second-order valence-electron chi connectivity index (χ2n) is 5.75. The SMILES string of the molecule is CCCCC(NC1CCCC1CO)c1ccccc1. The molecule has 3 atom stereocenters. The molecule has 1 aromatic rings. The molecule has 0 spiro atoms. The molecule has 3 unspecified atom stereocenters. The Morgan fingerprint density at radius 3 is 2.74 bits per heavy atom. The Kier molecular flexibility index (Phi) is 5.87. The molecule has 106 valence electrons. The first-order valence-electron chi connectivity index (χ1n) is 7.77. The Balaban J connectivity index is 2.01. The number of hydrogen-bond donors (Lipinski definition) is 2. The Morgan fingerprint density at radius 1 is 1.26 bits per heavy atom. The molecule has 2 heteroatoms. The summed E-state index contributed by atoms with van der Waals surface area (Å²) in [7, 11) is 0. The van der Waals surface area contributed by atoms with Crippen LogP contribution in [0.5, 0.6) is 0 Å². The van der Waals surface area contributed by atoms with Gasteiger partial charge >= 0.3 is 0 Å². The summed E-state index contributed by atoms with van der Waals surface area (Å²) >= 11 is 0. The van der Waals surface area contributed by atoms with Gasteiger partial charge in [0.1, 0.15) is 0 Å². The minimum Gasteiger partial charge on any atom is -0.396 e.